The highest BCUT2D eigenvalue weighted by molar-refractivity contribution is 7.89. The lowest BCUT2D eigenvalue weighted by Gasteiger charge is -2.32. The summed E-state index contributed by atoms with van der Waals surface area (Å²) in [6.07, 6.45) is 5.61. The third kappa shape index (κ3) is 5.13. The molecule has 4 rings (SSSR count). The van der Waals surface area contributed by atoms with Gasteiger partial charge in [0.15, 0.2) is 23.1 Å². The minimum atomic E-state index is -3.71. The molecule has 0 aliphatic heterocycles. The van der Waals surface area contributed by atoms with E-state index in [0.717, 1.165) is 16.4 Å². The van der Waals surface area contributed by atoms with Gasteiger partial charge in [0.05, 0.1) is 17.5 Å². The second-order valence-electron chi connectivity index (χ2n) is 7.73. The quantitative estimate of drug-likeness (QED) is 0.327. The molecule has 1 saturated carbocycles. The van der Waals surface area contributed by atoms with Crippen LogP contribution >= 0.6 is 19.9 Å². The Morgan fingerprint density at radius 1 is 1.39 bits per heavy atom. The van der Waals surface area contributed by atoms with Crippen LogP contribution in [0, 0.1) is 5.82 Å². The van der Waals surface area contributed by atoms with E-state index in [1.54, 1.807) is 0 Å². The molecular weight excluding hydrogens is 500 g/mol. The van der Waals surface area contributed by atoms with Crippen molar-refractivity contribution in [1.82, 2.24) is 18.9 Å². The van der Waals surface area contributed by atoms with Crippen LogP contribution in [0.15, 0.2) is 24.7 Å². The summed E-state index contributed by atoms with van der Waals surface area (Å²) in [7, 11) is -6.73. The molecule has 3 N–H and O–H groups in total. The summed E-state index contributed by atoms with van der Waals surface area (Å²) in [5.74, 6) is -2.76. The molecule has 0 radical (unpaired) electrons. The van der Waals surface area contributed by atoms with Gasteiger partial charge in [0.25, 0.3) is 0 Å². The summed E-state index contributed by atoms with van der Waals surface area (Å²) in [5, 5.41) is 13.9. The van der Waals surface area contributed by atoms with Crippen molar-refractivity contribution in [3.63, 3.8) is 0 Å². The first-order chi connectivity index (χ1) is 15.4. The van der Waals surface area contributed by atoms with Gasteiger partial charge in [-0.3, -0.25) is 0 Å². The van der Waals surface area contributed by atoms with Crippen LogP contribution in [0.4, 0.5) is 10.2 Å². The van der Waals surface area contributed by atoms with E-state index in [0.29, 0.717) is 18.2 Å². The van der Waals surface area contributed by atoms with Crippen LogP contribution in [0.25, 0.3) is 22.4 Å². The molecule has 15 heteroatoms. The van der Waals surface area contributed by atoms with Crippen LogP contribution in [0.5, 0.6) is 0 Å². The highest BCUT2D eigenvalue weighted by Gasteiger charge is 2.43. The lowest BCUT2D eigenvalue weighted by molar-refractivity contribution is -0.161. The van der Waals surface area contributed by atoms with Crippen molar-refractivity contribution < 1.29 is 31.9 Å². The molecule has 3 aromatic heterocycles. The van der Waals surface area contributed by atoms with Crippen LogP contribution in [-0.4, -0.2) is 55.4 Å². The summed E-state index contributed by atoms with van der Waals surface area (Å²) in [4.78, 5) is 21.3. The van der Waals surface area contributed by atoms with Crippen LogP contribution < -0.4 is 5.32 Å². The number of rotatable bonds is 6. The fraction of sp³-hybridized carbons (Fsp3) is 0.389. The third-order valence-electron chi connectivity index (χ3n) is 5.20. The number of halogens is 2. The molecule has 3 heterocycles. The van der Waals surface area contributed by atoms with Gasteiger partial charge in [-0.25, -0.2) is 31.7 Å². The van der Waals surface area contributed by atoms with Crippen molar-refractivity contribution in [2.75, 3.05) is 11.6 Å². The SMILES string of the molecule is CS(=O)(=O)n1cc(-c2ncc(F)c(N[C@H]3CCC[C@@](O)(O[P+](=O)O)C3)n2)c2cc(Cl)cnc21. The standard InChI is InChI=1S/C18H18ClFN5O6PS/c1-33(29,30)25-9-13(12-5-10(19)7-22-17(12)25)15-21-8-14(20)16(24-15)23-11-3-2-4-18(26,6-11)31-32(27)28/h5,7-9,11,26H,2-4,6H2,1H3,(H-,21,23,24,27,28)/p+1/t11-,18+/m0/s1. The van der Waals surface area contributed by atoms with Gasteiger partial charge in [-0.15, -0.1) is 4.89 Å². The Morgan fingerprint density at radius 3 is 2.85 bits per heavy atom. The Bertz CT molecular complexity index is 1360. The van der Waals surface area contributed by atoms with Crippen molar-refractivity contribution in [2.45, 2.75) is 37.5 Å². The summed E-state index contributed by atoms with van der Waals surface area (Å²) in [6, 6.07) is 0.999. The number of hydrogen-bond donors (Lipinski definition) is 3. The molecule has 0 aromatic carbocycles. The predicted molar refractivity (Wildman–Crippen MR) is 118 cm³/mol. The number of hydrogen-bond acceptors (Lipinski definition) is 9. The van der Waals surface area contributed by atoms with Crippen molar-refractivity contribution in [2.24, 2.45) is 0 Å². The number of pyridine rings is 1. The van der Waals surface area contributed by atoms with Crippen LogP contribution in [-0.2, 0) is 19.1 Å². The maximum Gasteiger partial charge on any atom is 0.697 e. The fourth-order valence-electron chi connectivity index (χ4n) is 3.84. The summed E-state index contributed by atoms with van der Waals surface area (Å²) < 4.78 is 55.6. The highest BCUT2D eigenvalue weighted by Crippen LogP contribution is 2.37. The molecule has 0 spiro atoms. The minimum Gasteiger partial charge on any atom is -0.365 e. The maximum atomic E-state index is 14.5. The number of aromatic nitrogens is 4. The Labute approximate surface area is 193 Å². The van der Waals surface area contributed by atoms with Gasteiger partial charge in [-0.2, -0.15) is 0 Å². The zero-order valence-electron chi connectivity index (χ0n) is 17.1. The largest absolute Gasteiger partial charge is 0.697 e. The Balaban J connectivity index is 1.71. The van der Waals surface area contributed by atoms with E-state index in [1.807, 2.05) is 0 Å². The first-order valence-electron chi connectivity index (χ1n) is 9.69. The number of aliphatic hydroxyl groups is 1. The average Bonchev–Trinajstić information content (AvgIpc) is 3.08. The second-order valence-corrected chi connectivity index (χ2v) is 10.7. The lowest BCUT2D eigenvalue weighted by Crippen LogP contribution is -2.41. The van der Waals surface area contributed by atoms with Gasteiger partial charge in [-0.05, 0) is 18.9 Å². The Morgan fingerprint density at radius 2 is 2.15 bits per heavy atom. The molecule has 33 heavy (non-hydrogen) atoms. The van der Waals surface area contributed by atoms with Crippen LogP contribution in [0.3, 0.4) is 0 Å². The zero-order chi connectivity index (χ0) is 24.0. The molecule has 1 aliphatic rings. The van der Waals surface area contributed by atoms with E-state index in [1.165, 1.54) is 18.5 Å². The number of nitrogens with zero attached hydrogens (tertiary/aromatic N) is 4. The van der Waals surface area contributed by atoms with E-state index < -0.39 is 35.9 Å². The molecule has 11 nitrogen and oxygen atoms in total. The second kappa shape index (κ2) is 8.82. The van der Waals surface area contributed by atoms with Crippen LogP contribution in [0.2, 0.25) is 5.02 Å². The van der Waals surface area contributed by atoms with Gasteiger partial charge >= 0.3 is 8.25 Å². The average molecular weight is 519 g/mol. The molecule has 3 atom stereocenters. The van der Waals surface area contributed by atoms with E-state index in [2.05, 4.69) is 20.3 Å². The summed E-state index contributed by atoms with van der Waals surface area (Å²) in [5.41, 5.74) is 0.390. The normalized spacial score (nSPS) is 21.8. The number of nitrogens with one attached hydrogen (secondary N) is 1. The first-order valence-corrected chi connectivity index (χ1v) is 13.0. The van der Waals surface area contributed by atoms with Gasteiger partial charge in [0.1, 0.15) is 0 Å². The Kier molecular flexibility index (Phi) is 6.38. The molecule has 0 saturated heterocycles. The molecule has 176 valence electrons. The fourth-order valence-corrected chi connectivity index (χ4v) is 5.21. The number of anilines is 1. The summed E-state index contributed by atoms with van der Waals surface area (Å²) >= 11 is 6.04. The monoisotopic (exact) mass is 518 g/mol. The Hall–Kier alpha value is -2.28. The zero-order valence-corrected chi connectivity index (χ0v) is 19.6. The highest BCUT2D eigenvalue weighted by atomic mass is 35.5. The van der Waals surface area contributed by atoms with E-state index in [4.69, 9.17) is 21.0 Å². The van der Waals surface area contributed by atoms with E-state index in [-0.39, 0.29) is 40.7 Å². The maximum absolute atomic E-state index is 14.5. The molecule has 1 fully saturated rings. The van der Waals surface area contributed by atoms with Crippen molar-refractivity contribution in [3.05, 3.63) is 35.5 Å². The van der Waals surface area contributed by atoms with Gasteiger partial charge in [0.2, 0.25) is 15.8 Å². The molecule has 0 amide bonds. The summed E-state index contributed by atoms with van der Waals surface area (Å²) in [6.45, 7) is 0. The molecule has 0 bridgehead atoms. The van der Waals surface area contributed by atoms with Gasteiger partial charge < -0.3 is 10.4 Å². The molecule has 1 aliphatic carbocycles. The smallest absolute Gasteiger partial charge is 0.365 e. The van der Waals surface area contributed by atoms with Crippen molar-refractivity contribution in [3.8, 4) is 11.4 Å². The number of fused-ring (bicyclic) bond motifs is 1. The van der Waals surface area contributed by atoms with Crippen LogP contribution in [0.1, 0.15) is 25.7 Å². The van der Waals surface area contributed by atoms with Gasteiger partial charge in [0, 0.05) is 46.8 Å². The molecule has 1 unspecified atom stereocenters. The topological polar surface area (TPSA) is 157 Å². The van der Waals surface area contributed by atoms with E-state index in [9.17, 15) is 22.5 Å². The third-order valence-corrected chi connectivity index (χ3v) is 6.89. The molecular formula is C18H19ClFN5O6PS+. The molecule has 3 aromatic rings. The van der Waals surface area contributed by atoms with Gasteiger partial charge in [-0.1, -0.05) is 16.1 Å². The van der Waals surface area contributed by atoms with Crippen molar-refractivity contribution >= 4 is 46.7 Å². The first kappa shape index (κ1) is 23.9. The van der Waals surface area contributed by atoms with E-state index >= 15 is 0 Å². The lowest BCUT2D eigenvalue weighted by atomic mass is 9.90. The van der Waals surface area contributed by atoms with Crippen molar-refractivity contribution in [1.29, 1.82) is 0 Å². The predicted octanol–water partition coefficient (Wildman–Crippen LogP) is 2.80. The minimum absolute atomic E-state index is 0.0242.